The van der Waals surface area contributed by atoms with Gasteiger partial charge in [-0.3, -0.25) is 4.79 Å². The third-order valence-corrected chi connectivity index (χ3v) is 5.16. The van der Waals surface area contributed by atoms with Crippen molar-refractivity contribution in [3.8, 4) is 40.3 Å². The SMILES string of the molecule is COc1ccc(-c2nnc3ccc(OCCNC(=O)c4ccc5c(c4)OCO5)nn23)c(OC)c1. The Bertz CT molecular complexity index is 1360. The van der Waals surface area contributed by atoms with Gasteiger partial charge in [0.1, 0.15) is 18.1 Å². The predicted molar refractivity (Wildman–Crippen MR) is 120 cm³/mol. The second-order valence-corrected chi connectivity index (χ2v) is 7.20. The van der Waals surface area contributed by atoms with Crippen LogP contribution in [0.2, 0.25) is 0 Å². The maximum Gasteiger partial charge on any atom is 0.251 e. The summed E-state index contributed by atoms with van der Waals surface area (Å²) in [6, 6.07) is 13.9. The second-order valence-electron chi connectivity index (χ2n) is 7.20. The van der Waals surface area contributed by atoms with Crippen LogP contribution in [0.5, 0.6) is 28.9 Å². The number of nitrogens with zero attached hydrogens (tertiary/aromatic N) is 4. The van der Waals surface area contributed by atoms with Crippen molar-refractivity contribution in [2.24, 2.45) is 0 Å². The lowest BCUT2D eigenvalue weighted by Crippen LogP contribution is -2.28. The quantitative estimate of drug-likeness (QED) is 0.393. The third kappa shape index (κ3) is 4.10. The monoisotopic (exact) mass is 463 g/mol. The molecule has 34 heavy (non-hydrogen) atoms. The van der Waals surface area contributed by atoms with Crippen molar-refractivity contribution in [3.05, 3.63) is 54.1 Å². The summed E-state index contributed by atoms with van der Waals surface area (Å²) < 4.78 is 28.6. The van der Waals surface area contributed by atoms with Crippen molar-refractivity contribution in [2.75, 3.05) is 34.2 Å². The van der Waals surface area contributed by atoms with Gasteiger partial charge in [0, 0.05) is 17.7 Å². The molecule has 2 aromatic carbocycles. The summed E-state index contributed by atoms with van der Waals surface area (Å²) in [5, 5.41) is 15.7. The topological polar surface area (TPSA) is 118 Å². The lowest BCUT2D eigenvalue weighted by atomic mass is 10.2. The van der Waals surface area contributed by atoms with Crippen LogP contribution in [0.1, 0.15) is 10.4 Å². The summed E-state index contributed by atoms with van der Waals surface area (Å²) >= 11 is 0. The van der Waals surface area contributed by atoms with E-state index in [1.807, 2.05) is 12.1 Å². The van der Waals surface area contributed by atoms with Gasteiger partial charge in [-0.2, -0.15) is 4.52 Å². The highest BCUT2D eigenvalue weighted by atomic mass is 16.7. The number of hydrogen-bond acceptors (Lipinski definition) is 9. The van der Waals surface area contributed by atoms with Gasteiger partial charge in [-0.05, 0) is 36.4 Å². The molecule has 1 amide bonds. The molecule has 174 valence electrons. The molecule has 0 saturated heterocycles. The van der Waals surface area contributed by atoms with Gasteiger partial charge in [0.25, 0.3) is 5.91 Å². The van der Waals surface area contributed by atoms with Crippen LogP contribution in [-0.4, -0.2) is 59.9 Å². The molecule has 0 bridgehead atoms. The van der Waals surface area contributed by atoms with Gasteiger partial charge in [0.15, 0.2) is 23.0 Å². The van der Waals surface area contributed by atoms with Crippen molar-refractivity contribution in [2.45, 2.75) is 0 Å². The van der Waals surface area contributed by atoms with Crippen LogP contribution in [0, 0.1) is 0 Å². The minimum atomic E-state index is -0.238. The van der Waals surface area contributed by atoms with Crippen LogP contribution >= 0.6 is 0 Å². The summed E-state index contributed by atoms with van der Waals surface area (Å²) in [5.41, 5.74) is 1.74. The Morgan fingerprint density at radius 2 is 1.91 bits per heavy atom. The van der Waals surface area contributed by atoms with Crippen molar-refractivity contribution >= 4 is 11.6 Å². The number of benzene rings is 2. The zero-order valence-electron chi connectivity index (χ0n) is 18.5. The molecule has 0 unspecified atom stereocenters. The molecule has 1 aliphatic rings. The molecule has 3 heterocycles. The molecule has 0 saturated carbocycles. The van der Waals surface area contributed by atoms with Crippen molar-refractivity contribution in [1.82, 2.24) is 25.1 Å². The molecule has 2 aromatic heterocycles. The maximum absolute atomic E-state index is 12.4. The van der Waals surface area contributed by atoms with Crippen LogP contribution in [-0.2, 0) is 0 Å². The molecule has 0 aliphatic carbocycles. The van der Waals surface area contributed by atoms with Crippen LogP contribution in [0.3, 0.4) is 0 Å². The fourth-order valence-corrected chi connectivity index (χ4v) is 3.46. The Hall–Kier alpha value is -4.54. The van der Waals surface area contributed by atoms with E-state index in [1.165, 1.54) is 0 Å². The highest BCUT2D eigenvalue weighted by Gasteiger charge is 2.17. The fourth-order valence-electron chi connectivity index (χ4n) is 3.46. The molecule has 11 nitrogen and oxygen atoms in total. The van der Waals surface area contributed by atoms with E-state index in [0.29, 0.717) is 51.5 Å². The molecule has 0 atom stereocenters. The molecular formula is C23H21N5O6. The van der Waals surface area contributed by atoms with E-state index in [-0.39, 0.29) is 25.9 Å². The van der Waals surface area contributed by atoms with Gasteiger partial charge in [-0.15, -0.1) is 15.3 Å². The normalized spacial score (nSPS) is 11.9. The minimum absolute atomic E-state index is 0.158. The number of carbonyl (C=O) groups excluding carboxylic acids is 1. The molecule has 0 spiro atoms. The Balaban J connectivity index is 1.25. The number of aromatic nitrogens is 4. The van der Waals surface area contributed by atoms with E-state index in [1.54, 1.807) is 55.1 Å². The van der Waals surface area contributed by atoms with Crippen LogP contribution < -0.4 is 29.0 Å². The zero-order chi connectivity index (χ0) is 23.5. The van der Waals surface area contributed by atoms with E-state index in [0.717, 1.165) is 0 Å². The standard InChI is InChI=1S/C23H21N5O6/c1-30-15-4-5-16(18(12-15)31-2)22-26-25-20-7-8-21(27-28(20)22)32-10-9-24-23(29)14-3-6-17-19(11-14)34-13-33-17/h3-8,11-12H,9-10,13H2,1-2H3,(H,24,29). The fraction of sp³-hybridized carbons (Fsp3) is 0.217. The number of nitrogens with one attached hydrogen (secondary N) is 1. The van der Waals surface area contributed by atoms with Crippen LogP contribution in [0.15, 0.2) is 48.5 Å². The number of carbonyl (C=O) groups is 1. The first kappa shape index (κ1) is 21.3. The molecule has 4 aromatic rings. The van der Waals surface area contributed by atoms with Gasteiger partial charge in [-0.25, -0.2) is 0 Å². The van der Waals surface area contributed by atoms with E-state index < -0.39 is 0 Å². The highest BCUT2D eigenvalue weighted by Crippen LogP contribution is 2.33. The lowest BCUT2D eigenvalue weighted by Gasteiger charge is -2.10. The summed E-state index contributed by atoms with van der Waals surface area (Å²) in [7, 11) is 3.16. The number of rotatable bonds is 8. The summed E-state index contributed by atoms with van der Waals surface area (Å²) in [6.45, 7) is 0.664. The average molecular weight is 463 g/mol. The summed E-state index contributed by atoms with van der Waals surface area (Å²) in [4.78, 5) is 12.4. The number of fused-ring (bicyclic) bond motifs is 2. The lowest BCUT2D eigenvalue weighted by molar-refractivity contribution is 0.0946. The first-order valence-electron chi connectivity index (χ1n) is 10.4. The molecule has 0 fully saturated rings. The molecule has 5 rings (SSSR count). The highest BCUT2D eigenvalue weighted by molar-refractivity contribution is 5.94. The predicted octanol–water partition coefficient (Wildman–Crippen LogP) is 2.35. The van der Waals surface area contributed by atoms with Crippen LogP contribution in [0.4, 0.5) is 0 Å². The van der Waals surface area contributed by atoms with E-state index in [2.05, 4.69) is 20.6 Å². The van der Waals surface area contributed by atoms with Gasteiger partial charge >= 0.3 is 0 Å². The van der Waals surface area contributed by atoms with Crippen LogP contribution in [0.25, 0.3) is 17.0 Å². The van der Waals surface area contributed by atoms with E-state index in [9.17, 15) is 4.79 Å². The van der Waals surface area contributed by atoms with Crippen molar-refractivity contribution in [3.63, 3.8) is 0 Å². The average Bonchev–Trinajstić information content (AvgIpc) is 3.52. The molecule has 1 N–H and O–H groups in total. The molecule has 1 aliphatic heterocycles. The molecule has 0 radical (unpaired) electrons. The van der Waals surface area contributed by atoms with Crippen molar-refractivity contribution in [1.29, 1.82) is 0 Å². The molecule has 11 heteroatoms. The Kier molecular flexibility index (Phi) is 5.73. The Morgan fingerprint density at radius 1 is 1.03 bits per heavy atom. The van der Waals surface area contributed by atoms with Crippen molar-refractivity contribution < 1.29 is 28.5 Å². The smallest absolute Gasteiger partial charge is 0.251 e. The zero-order valence-corrected chi connectivity index (χ0v) is 18.5. The first-order chi connectivity index (χ1) is 16.7. The Labute approximate surface area is 194 Å². The molecular weight excluding hydrogens is 442 g/mol. The number of methoxy groups -OCH3 is 2. The number of hydrogen-bond donors (Lipinski definition) is 1. The minimum Gasteiger partial charge on any atom is -0.497 e. The van der Waals surface area contributed by atoms with Gasteiger partial charge in [0.2, 0.25) is 12.7 Å². The first-order valence-corrected chi connectivity index (χ1v) is 10.4. The number of amides is 1. The summed E-state index contributed by atoms with van der Waals surface area (Å²) in [5.74, 6) is 3.04. The maximum atomic E-state index is 12.4. The van der Waals surface area contributed by atoms with E-state index in [4.69, 9.17) is 23.7 Å². The van der Waals surface area contributed by atoms with E-state index >= 15 is 0 Å². The van der Waals surface area contributed by atoms with Gasteiger partial charge < -0.3 is 29.0 Å². The Morgan fingerprint density at radius 3 is 2.76 bits per heavy atom. The summed E-state index contributed by atoms with van der Waals surface area (Å²) in [6.07, 6.45) is 0. The largest absolute Gasteiger partial charge is 0.497 e. The van der Waals surface area contributed by atoms with Gasteiger partial charge in [0.05, 0.1) is 26.3 Å². The number of ether oxygens (including phenoxy) is 5. The second kappa shape index (κ2) is 9.14. The van der Waals surface area contributed by atoms with Gasteiger partial charge in [-0.1, -0.05) is 0 Å². The third-order valence-electron chi connectivity index (χ3n) is 5.16.